The molecule has 0 amide bonds. The van der Waals surface area contributed by atoms with Crippen molar-refractivity contribution in [3.63, 3.8) is 0 Å². The zero-order valence-corrected chi connectivity index (χ0v) is 11.6. The summed E-state index contributed by atoms with van der Waals surface area (Å²) in [6, 6.07) is 5.46. The van der Waals surface area contributed by atoms with Crippen LogP contribution < -0.4 is 4.74 Å². The molecule has 2 rings (SSSR count). The monoisotopic (exact) mass is 312 g/mol. The van der Waals surface area contributed by atoms with E-state index < -0.39 is 6.10 Å². The summed E-state index contributed by atoms with van der Waals surface area (Å²) < 4.78 is 11.4. The van der Waals surface area contributed by atoms with Gasteiger partial charge in [-0.3, -0.25) is 0 Å². The fourth-order valence-electron chi connectivity index (χ4n) is 1.52. The highest BCUT2D eigenvalue weighted by molar-refractivity contribution is 9.10. The number of benzene rings is 1. The predicted octanol–water partition coefficient (Wildman–Crippen LogP) is 2.77. The number of aryl methyl sites for hydroxylation is 1. The molecule has 0 saturated carbocycles. The van der Waals surface area contributed by atoms with Crippen molar-refractivity contribution in [1.82, 2.24) is 10.1 Å². The highest BCUT2D eigenvalue weighted by Crippen LogP contribution is 2.29. The van der Waals surface area contributed by atoms with Crippen LogP contribution in [0.1, 0.15) is 30.3 Å². The molecular formula is C12H13BrN2O3. The molecule has 0 aliphatic rings. The molecule has 6 heteroatoms. The van der Waals surface area contributed by atoms with Gasteiger partial charge >= 0.3 is 0 Å². The van der Waals surface area contributed by atoms with Crippen LogP contribution in [0.15, 0.2) is 27.2 Å². The Balaban J connectivity index is 2.15. The first-order chi connectivity index (χ1) is 8.56. The molecule has 0 saturated heterocycles. The van der Waals surface area contributed by atoms with Gasteiger partial charge in [0.05, 0.1) is 6.10 Å². The molecule has 0 fully saturated rings. The van der Waals surface area contributed by atoms with E-state index in [9.17, 15) is 5.11 Å². The van der Waals surface area contributed by atoms with Gasteiger partial charge in [0.2, 0.25) is 0 Å². The molecule has 0 bridgehead atoms. The lowest BCUT2D eigenvalue weighted by Crippen LogP contribution is -2.01. The summed E-state index contributed by atoms with van der Waals surface area (Å²) in [5.74, 6) is 1.57. The number of hydrogen-bond donors (Lipinski definition) is 1. The first kappa shape index (κ1) is 13.0. The molecule has 2 aromatic rings. The van der Waals surface area contributed by atoms with Gasteiger partial charge in [-0.2, -0.15) is 4.98 Å². The summed E-state index contributed by atoms with van der Waals surface area (Å²) in [6.45, 7) is 3.61. The number of ether oxygens (including phenoxy) is 1. The zero-order chi connectivity index (χ0) is 13.1. The lowest BCUT2D eigenvalue weighted by molar-refractivity contribution is 0.185. The minimum Gasteiger partial charge on any atom is -0.483 e. The Morgan fingerprint density at radius 3 is 2.89 bits per heavy atom. The second-order valence-corrected chi connectivity index (χ2v) is 4.80. The highest BCUT2D eigenvalue weighted by Gasteiger charge is 2.11. The van der Waals surface area contributed by atoms with Crippen molar-refractivity contribution in [2.75, 3.05) is 0 Å². The smallest absolute Gasteiger partial charge is 0.264 e. The molecule has 5 nitrogen and oxygen atoms in total. The average Bonchev–Trinajstić information content (AvgIpc) is 2.72. The van der Waals surface area contributed by atoms with E-state index >= 15 is 0 Å². The second-order valence-electron chi connectivity index (χ2n) is 3.88. The molecule has 0 radical (unpaired) electrons. The molecule has 1 N–H and O–H groups in total. The molecule has 1 aromatic heterocycles. The van der Waals surface area contributed by atoms with Gasteiger partial charge in [-0.15, -0.1) is 0 Å². The van der Waals surface area contributed by atoms with Crippen LogP contribution in [0.25, 0.3) is 0 Å². The maximum absolute atomic E-state index is 9.65. The number of nitrogens with zero attached hydrogens (tertiary/aromatic N) is 2. The molecule has 0 aliphatic carbocycles. The summed E-state index contributed by atoms with van der Waals surface area (Å²) in [7, 11) is 0. The molecule has 1 unspecified atom stereocenters. The van der Waals surface area contributed by atoms with Crippen molar-refractivity contribution in [3.8, 4) is 5.75 Å². The Morgan fingerprint density at radius 2 is 2.28 bits per heavy atom. The van der Waals surface area contributed by atoms with Crippen LogP contribution in [-0.4, -0.2) is 15.2 Å². The lowest BCUT2D eigenvalue weighted by Gasteiger charge is -2.12. The maximum atomic E-state index is 9.65. The van der Waals surface area contributed by atoms with Crippen LogP contribution in [0.3, 0.4) is 0 Å². The average molecular weight is 313 g/mol. The summed E-state index contributed by atoms with van der Waals surface area (Å²) in [5.41, 5.74) is 0.717. The topological polar surface area (TPSA) is 68.4 Å². The van der Waals surface area contributed by atoms with E-state index in [0.29, 0.717) is 17.5 Å². The standard InChI is InChI=1S/C12H13BrN2O3/c1-7(16)10-4-3-9(13)5-11(10)17-6-12-14-8(2)15-18-12/h3-5,7,16H,6H2,1-2H3. The van der Waals surface area contributed by atoms with Crippen molar-refractivity contribution in [1.29, 1.82) is 0 Å². The van der Waals surface area contributed by atoms with Crippen molar-refractivity contribution in [2.24, 2.45) is 0 Å². The maximum Gasteiger partial charge on any atom is 0.264 e. The molecule has 1 heterocycles. The summed E-state index contributed by atoms with van der Waals surface area (Å²) >= 11 is 3.36. The normalized spacial score (nSPS) is 12.4. The fourth-order valence-corrected chi connectivity index (χ4v) is 1.86. The van der Waals surface area contributed by atoms with Gasteiger partial charge < -0.3 is 14.4 Å². The van der Waals surface area contributed by atoms with E-state index in [1.54, 1.807) is 19.9 Å². The number of aromatic nitrogens is 2. The van der Waals surface area contributed by atoms with Crippen LogP contribution >= 0.6 is 15.9 Å². The van der Waals surface area contributed by atoms with E-state index in [4.69, 9.17) is 9.26 Å². The van der Waals surface area contributed by atoms with Crippen molar-refractivity contribution in [3.05, 3.63) is 40.0 Å². The third kappa shape index (κ3) is 3.08. The SMILES string of the molecule is Cc1noc(COc2cc(Br)ccc2C(C)O)n1. The van der Waals surface area contributed by atoms with Crippen LogP contribution in [-0.2, 0) is 6.61 Å². The number of hydrogen-bond acceptors (Lipinski definition) is 5. The fraction of sp³-hybridized carbons (Fsp3) is 0.333. The first-order valence-corrected chi connectivity index (χ1v) is 6.25. The highest BCUT2D eigenvalue weighted by atomic mass is 79.9. The van der Waals surface area contributed by atoms with Crippen molar-refractivity contribution in [2.45, 2.75) is 26.6 Å². The van der Waals surface area contributed by atoms with E-state index in [2.05, 4.69) is 26.1 Å². The third-order valence-corrected chi connectivity index (χ3v) is 2.84. The molecule has 1 aromatic carbocycles. The molecule has 96 valence electrons. The Morgan fingerprint density at radius 1 is 1.50 bits per heavy atom. The van der Waals surface area contributed by atoms with Crippen LogP contribution in [0.5, 0.6) is 5.75 Å². The lowest BCUT2D eigenvalue weighted by atomic mass is 10.1. The molecule has 1 atom stereocenters. The minimum atomic E-state index is -0.600. The Bertz CT molecular complexity index is 540. The minimum absolute atomic E-state index is 0.178. The molecule has 18 heavy (non-hydrogen) atoms. The van der Waals surface area contributed by atoms with Gasteiger partial charge in [-0.05, 0) is 26.0 Å². The number of aliphatic hydroxyl groups excluding tert-OH is 1. The third-order valence-electron chi connectivity index (χ3n) is 2.35. The molecule has 0 aliphatic heterocycles. The molecular weight excluding hydrogens is 300 g/mol. The van der Waals surface area contributed by atoms with Crippen LogP contribution in [0.4, 0.5) is 0 Å². The number of rotatable bonds is 4. The van der Waals surface area contributed by atoms with Crippen molar-refractivity contribution < 1.29 is 14.4 Å². The second kappa shape index (κ2) is 5.49. The Labute approximate surface area is 113 Å². The molecule has 0 spiro atoms. The van der Waals surface area contributed by atoms with Gasteiger partial charge in [-0.1, -0.05) is 27.2 Å². The van der Waals surface area contributed by atoms with Gasteiger partial charge in [0.15, 0.2) is 12.4 Å². The largest absolute Gasteiger partial charge is 0.483 e. The van der Waals surface area contributed by atoms with Gasteiger partial charge in [-0.25, -0.2) is 0 Å². The van der Waals surface area contributed by atoms with Crippen LogP contribution in [0.2, 0.25) is 0 Å². The number of aliphatic hydroxyl groups is 1. The number of halogens is 1. The van der Waals surface area contributed by atoms with Crippen molar-refractivity contribution >= 4 is 15.9 Å². The van der Waals surface area contributed by atoms with E-state index in [0.717, 1.165) is 10.0 Å². The predicted molar refractivity (Wildman–Crippen MR) is 68.1 cm³/mol. The van der Waals surface area contributed by atoms with E-state index in [1.165, 1.54) is 0 Å². The zero-order valence-electron chi connectivity index (χ0n) is 10.1. The Kier molecular flexibility index (Phi) is 3.98. The van der Waals surface area contributed by atoms with E-state index in [-0.39, 0.29) is 6.61 Å². The summed E-state index contributed by atoms with van der Waals surface area (Å²) in [6.07, 6.45) is -0.600. The van der Waals surface area contributed by atoms with Gasteiger partial charge in [0.1, 0.15) is 5.75 Å². The van der Waals surface area contributed by atoms with Crippen LogP contribution in [0, 0.1) is 6.92 Å². The van der Waals surface area contributed by atoms with E-state index in [1.807, 2.05) is 12.1 Å². The van der Waals surface area contributed by atoms with Gasteiger partial charge in [0, 0.05) is 10.0 Å². The Hall–Kier alpha value is -1.40. The quantitative estimate of drug-likeness (QED) is 0.940. The summed E-state index contributed by atoms with van der Waals surface area (Å²) in [4.78, 5) is 4.05. The summed E-state index contributed by atoms with van der Waals surface area (Å²) in [5, 5.41) is 13.3. The first-order valence-electron chi connectivity index (χ1n) is 5.46. The van der Waals surface area contributed by atoms with Gasteiger partial charge in [0.25, 0.3) is 5.89 Å².